The zero-order valence-corrected chi connectivity index (χ0v) is 12.1. The van der Waals surface area contributed by atoms with Crippen LogP contribution in [0.3, 0.4) is 0 Å². The number of hydrogen-bond donors (Lipinski definition) is 0. The van der Waals surface area contributed by atoms with E-state index < -0.39 is 0 Å². The van der Waals surface area contributed by atoms with Crippen molar-refractivity contribution in [2.75, 3.05) is 7.11 Å². The lowest BCUT2D eigenvalue weighted by molar-refractivity contribution is 0.0971. The maximum Gasteiger partial charge on any atom is 0.252 e. The molecule has 0 amide bonds. The fourth-order valence-corrected chi connectivity index (χ4v) is 2.69. The van der Waals surface area contributed by atoms with Gasteiger partial charge in [0.2, 0.25) is 0 Å². The van der Waals surface area contributed by atoms with Gasteiger partial charge in [0.05, 0.1) is 18.4 Å². The predicted octanol–water partition coefficient (Wildman–Crippen LogP) is 2.32. The van der Waals surface area contributed by atoms with Gasteiger partial charge in [-0.1, -0.05) is 0 Å². The summed E-state index contributed by atoms with van der Waals surface area (Å²) in [4.78, 5) is 20.9. The van der Waals surface area contributed by atoms with Crippen LogP contribution in [0.1, 0.15) is 28.9 Å². The zero-order chi connectivity index (χ0) is 15.1. The van der Waals surface area contributed by atoms with Gasteiger partial charge in [0.15, 0.2) is 11.6 Å². The molecular formula is C16H14N4O2. The van der Waals surface area contributed by atoms with Gasteiger partial charge in [0.25, 0.3) is 5.78 Å². The Hall–Kier alpha value is -2.76. The molecule has 2 aromatic heterocycles. The lowest BCUT2D eigenvalue weighted by Gasteiger charge is -2.12. The minimum absolute atomic E-state index is 0.136. The second-order valence-electron chi connectivity index (χ2n) is 5.29. The van der Waals surface area contributed by atoms with Gasteiger partial charge in [-0.05, 0) is 37.1 Å². The largest absolute Gasteiger partial charge is 0.497 e. The van der Waals surface area contributed by atoms with Crippen molar-refractivity contribution >= 4 is 11.6 Å². The van der Waals surface area contributed by atoms with Gasteiger partial charge in [-0.15, -0.1) is 5.10 Å². The van der Waals surface area contributed by atoms with Crippen LogP contribution in [0.2, 0.25) is 0 Å². The molecule has 4 rings (SSSR count). The van der Waals surface area contributed by atoms with E-state index in [0.717, 1.165) is 29.8 Å². The number of aryl methyl sites for hydroxylation is 1. The Kier molecular flexibility index (Phi) is 2.89. The summed E-state index contributed by atoms with van der Waals surface area (Å²) in [5.41, 5.74) is 2.39. The molecule has 0 atom stereocenters. The molecule has 1 aromatic carbocycles. The standard InChI is InChI=1S/C16H14N4O2/c1-22-11-7-5-10(6-8-11)15-18-16-17-13-3-2-4-14(21)12(13)9-20(16)19-15/h5-9H,2-4H2,1H3. The third-order valence-corrected chi connectivity index (χ3v) is 3.88. The second kappa shape index (κ2) is 4.91. The van der Waals surface area contributed by atoms with Crippen LogP contribution in [-0.4, -0.2) is 32.5 Å². The third-order valence-electron chi connectivity index (χ3n) is 3.88. The van der Waals surface area contributed by atoms with E-state index in [2.05, 4.69) is 15.1 Å². The maximum atomic E-state index is 12.0. The van der Waals surface area contributed by atoms with Crippen molar-refractivity contribution in [3.05, 3.63) is 41.7 Å². The molecular weight excluding hydrogens is 280 g/mol. The van der Waals surface area contributed by atoms with E-state index in [4.69, 9.17) is 4.74 Å². The van der Waals surface area contributed by atoms with Crippen molar-refractivity contribution in [2.24, 2.45) is 0 Å². The van der Waals surface area contributed by atoms with Gasteiger partial charge in [-0.25, -0.2) is 9.50 Å². The minimum atomic E-state index is 0.136. The molecule has 2 heterocycles. The highest BCUT2D eigenvalue weighted by molar-refractivity contribution is 5.97. The summed E-state index contributed by atoms with van der Waals surface area (Å²) < 4.78 is 6.73. The van der Waals surface area contributed by atoms with Crippen molar-refractivity contribution in [1.29, 1.82) is 0 Å². The van der Waals surface area contributed by atoms with Gasteiger partial charge in [-0.3, -0.25) is 4.79 Å². The Morgan fingerprint density at radius 2 is 1.95 bits per heavy atom. The number of nitrogens with zero attached hydrogens (tertiary/aromatic N) is 4. The highest BCUT2D eigenvalue weighted by atomic mass is 16.5. The number of carbonyl (C=O) groups is 1. The lowest BCUT2D eigenvalue weighted by Crippen LogP contribution is -2.14. The van der Waals surface area contributed by atoms with Gasteiger partial charge in [0.1, 0.15) is 5.75 Å². The lowest BCUT2D eigenvalue weighted by atomic mass is 9.96. The van der Waals surface area contributed by atoms with Crippen molar-refractivity contribution < 1.29 is 9.53 Å². The summed E-state index contributed by atoms with van der Waals surface area (Å²) in [6.45, 7) is 0. The average Bonchev–Trinajstić information content (AvgIpc) is 2.96. The molecule has 22 heavy (non-hydrogen) atoms. The van der Waals surface area contributed by atoms with Gasteiger partial charge in [-0.2, -0.15) is 4.98 Å². The summed E-state index contributed by atoms with van der Waals surface area (Å²) >= 11 is 0. The van der Waals surface area contributed by atoms with Crippen LogP contribution in [0.5, 0.6) is 5.75 Å². The number of aromatic nitrogens is 4. The first-order chi connectivity index (χ1) is 10.7. The second-order valence-corrected chi connectivity index (χ2v) is 5.29. The highest BCUT2D eigenvalue weighted by Crippen LogP contribution is 2.22. The van der Waals surface area contributed by atoms with E-state index in [1.54, 1.807) is 17.8 Å². The van der Waals surface area contributed by atoms with Crippen LogP contribution in [0.25, 0.3) is 17.2 Å². The monoisotopic (exact) mass is 294 g/mol. The summed E-state index contributed by atoms with van der Waals surface area (Å²) in [6, 6.07) is 7.53. The number of fused-ring (bicyclic) bond motifs is 2. The number of ether oxygens (including phenoxy) is 1. The average molecular weight is 294 g/mol. The molecule has 0 fully saturated rings. The third kappa shape index (κ3) is 2.04. The number of carbonyl (C=O) groups excluding carboxylic acids is 1. The first-order valence-corrected chi connectivity index (χ1v) is 7.18. The van der Waals surface area contributed by atoms with Crippen molar-refractivity contribution in [2.45, 2.75) is 19.3 Å². The van der Waals surface area contributed by atoms with Gasteiger partial charge >= 0.3 is 0 Å². The van der Waals surface area contributed by atoms with Crippen LogP contribution >= 0.6 is 0 Å². The van der Waals surface area contributed by atoms with Crippen LogP contribution in [0, 0.1) is 0 Å². The molecule has 0 spiro atoms. The maximum absolute atomic E-state index is 12.0. The predicted molar refractivity (Wildman–Crippen MR) is 80.0 cm³/mol. The number of ketones is 1. The van der Waals surface area contributed by atoms with Crippen LogP contribution in [0.4, 0.5) is 0 Å². The van der Waals surface area contributed by atoms with E-state index in [9.17, 15) is 4.79 Å². The Morgan fingerprint density at radius 1 is 1.14 bits per heavy atom. The summed E-state index contributed by atoms with van der Waals surface area (Å²) in [6.07, 6.45) is 4.01. The fourth-order valence-electron chi connectivity index (χ4n) is 2.69. The molecule has 1 aliphatic rings. The van der Waals surface area contributed by atoms with E-state index in [-0.39, 0.29) is 5.78 Å². The SMILES string of the molecule is COc1ccc(-c2nc3nc4c(cn3n2)C(=O)CCC4)cc1. The van der Waals surface area contributed by atoms with Crippen molar-refractivity contribution in [3.63, 3.8) is 0 Å². The molecule has 0 aliphatic heterocycles. The van der Waals surface area contributed by atoms with Crippen molar-refractivity contribution in [1.82, 2.24) is 19.6 Å². The molecule has 0 bridgehead atoms. The smallest absolute Gasteiger partial charge is 0.252 e. The summed E-state index contributed by atoms with van der Waals surface area (Å²) in [5, 5.41) is 4.43. The Balaban J connectivity index is 1.81. The minimum Gasteiger partial charge on any atom is -0.497 e. The molecule has 3 aromatic rings. The molecule has 0 radical (unpaired) electrons. The quantitative estimate of drug-likeness (QED) is 0.725. The highest BCUT2D eigenvalue weighted by Gasteiger charge is 2.20. The molecule has 0 N–H and O–H groups in total. The summed E-state index contributed by atoms with van der Waals surface area (Å²) in [7, 11) is 1.63. The first-order valence-electron chi connectivity index (χ1n) is 7.18. The molecule has 6 nitrogen and oxygen atoms in total. The molecule has 1 aliphatic carbocycles. The number of methoxy groups -OCH3 is 1. The summed E-state index contributed by atoms with van der Waals surface area (Å²) in [5.74, 6) is 2.04. The van der Waals surface area contributed by atoms with E-state index in [1.165, 1.54) is 0 Å². The van der Waals surface area contributed by atoms with E-state index in [1.807, 2.05) is 24.3 Å². The molecule has 110 valence electrons. The van der Waals surface area contributed by atoms with Crippen LogP contribution in [0.15, 0.2) is 30.5 Å². The normalized spacial score (nSPS) is 14.1. The molecule has 6 heteroatoms. The van der Waals surface area contributed by atoms with E-state index in [0.29, 0.717) is 23.6 Å². The topological polar surface area (TPSA) is 69.4 Å². The molecule has 0 unspecified atom stereocenters. The fraction of sp³-hybridized carbons (Fsp3) is 0.250. The van der Waals surface area contributed by atoms with Crippen molar-refractivity contribution in [3.8, 4) is 17.1 Å². The Morgan fingerprint density at radius 3 is 2.73 bits per heavy atom. The van der Waals surface area contributed by atoms with Gasteiger partial charge in [0, 0.05) is 18.2 Å². The zero-order valence-electron chi connectivity index (χ0n) is 12.1. The Labute approximate surface area is 126 Å². The Bertz CT molecular complexity index is 868. The van der Waals surface area contributed by atoms with E-state index >= 15 is 0 Å². The first kappa shape index (κ1) is 12.9. The number of benzene rings is 1. The number of rotatable bonds is 2. The number of Topliss-reactive ketones (excluding diaryl/α,β-unsaturated/α-hetero) is 1. The molecule has 0 saturated carbocycles. The van der Waals surface area contributed by atoms with Crippen LogP contribution in [-0.2, 0) is 6.42 Å². The number of hydrogen-bond acceptors (Lipinski definition) is 5. The van der Waals surface area contributed by atoms with Crippen LogP contribution < -0.4 is 4.74 Å². The molecule has 0 saturated heterocycles. The van der Waals surface area contributed by atoms with Gasteiger partial charge < -0.3 is 4.74 Å².